The van der Waals surface area contributed by atoms with Gasteiger partial charge in [0.15, 0.2) is 0 Å². The average molecular weight is 424 g/mol. The molecule has 3 rings (SSSR count). The van der Waals surface area contributed by atoms with E-state index in [9.17, 15) is 0 Å². The monoisotopic (exact) mass is 424 g/mol. The zero-order chi connectivity index (χ0) is 16.3. The molecule has 1 aliphatic heterocycles. The summed E-state index contributed by atoms with van der Waals surface area (Å²) in [5.41, 5.74) is 2.35. The van der Waals surface area contributed by atoms with Crippen molar-refractivity contribution in [3.05, 3.63) is 57.3 Å². The van der Waals surface area contributed by atoms with Crippen molar-refractivity contribution in [3.63, 3.8) is 0 Å². The lowest BCUT2D eigenvalue weighted by molar-refractivity contribution is -0.197. The van der Waals surface area contributed by atoms with Crippen LogP contribution in [0.2, 0.25) is 0 Å². The highest BCUT2D eigenvalue weighted by Gasteiger charge is 2.42. The molecule has 1 saturated heterocycles. The van der Waals surface area contributed by atoms with Crippen LogP contribution in [0.1, 0.15) is 24.1 Å². The van der Waals surface area contributed by atoms with Gasteiger partial charge in [0, 0.05) is 37.2 Å². The minimum Gasteiger partial charge on any atom is -0.336 e. The number of pyridine rings is 1. The number of hydrogen-bond acceptors (Lipinski definition) is 4. The summed E-state index contributed by atoms with van der Waals surface area (Å²) in [6.07, 6.45) is 2.71. The second kappa shape index (κ2) is 7.15. The predicted octanol–water partition coefficient (Wildman–Crippen LogP) is 3.82. The molecule has 0 radical (unpaired) electrons. The minimum absolute atomic E-state index is 0.691. The van der Waals surface area contributed by atoms with E-state index in [1.807, 2.05) is 12.1 Å². The van der Waals surface area contributed by atoms with Crippen LogP contribution >= 0.6 is 22.6 Å². The van der Waals surface area contributed by atoms with E-state index in [1.54, 1.807) is 14.2 Å². The summed E-state index contributed by atoms with van der Waals surface area (Å²) in [7, 11) is 3.39. The standard InChI is InChI=1S/C18H21IN2O2/c1-22-18(23-2)11-6-12-21(18)17-10-9-15(19)16(20-17)13-14-7-4-3-5-8-14/h3-5,7-10H,6,11-13H2,1-2H3. The highest BCUT2D eigenvalue weighted by molar-refractivity contribution is 14.1. The van der Waals surface area contributed by atoms with E-state index < -0.39 is 5.91 Å². The molecular formula is C18H21IN2O2. The Hall–Kier alpha value is -1.18. The third-order valence-electron chi connectivity index (χ3n) is 4.32. The van der Waals surface area contributed by atoms with E-state index in [1.165, 1.54) is 9.13 Å². The van der Waals surface area contributed by atoms with Crippen molar-refractivity contribution in [3.8, 4) is 0 Å². The number of hydrogen-bond donors (Lipinski definition) is 0. The molecule has 0 unspecified atom stereocenters. The summed E-state index contributed by atoms with van der Waals surface area (Å²) < 4.78 is 12.5. The van der Waals surface area contributed by atoms with Crippen molar-refractivity contribution in [2.24, 2.45) is 0 Å². The third-order valence-corrected chi connectivity index (χ3v) is 5.30. The van der Waals surface area contributed by atoms with Crippen molar-refractivity contribution >= 4 is 28.4 Å². The number of methoxy groups -OCH3 is 2. The normalized spacial score (nSPS) is 16.7. The maximum absolute atomic E-state index is 5.67. The number of anilines is 1. The first-order valence-electron chi connectivity index (χ1n) is 7.76. The summed E-state index contributed by atoms with van der Waals surface area (Å²) >= 11 is 2.35. The second-order valence-electron chi connectivity index (χ2n) is 5.64. The van der Waals surface area contributed by atoms with E-state index in [0.29, 0.717) is 0 Å². The summed E-state index contributed by atoms with van der Waals surface area (Å²) in [6.45, 7) is 0.889. The van der Waals surface area contributed by atoms with Gasteiger partial charge in [0.1, 0.15) is 5.82 Å². The van der Waals surface area contributed by atoms with Gasteiger partial charge in [-0.25, -0.2) is 4.98 Å². The Morgan fingerprint density at radius 1 is 1.13 bits per heavy atom. The topological polar surface area (TPSA) is 34.6 Å². The lowest BCUT2D eigenvalue weighted by Crippen LogP contribution is -2.47. The molecule has 0 spiro atoms. The van der Waals surface area contributed by atoms with Crippen LogP contribution < -0.4 is 4.90 Å². The first-order valence-corrected chi connectivity index (χ1v) is 8.84. The SMILES string of the molecule is COC1(OC)CCCN1c1ccc(I)c(Cc2ccccc2)n1. The number of rotatable bonds is 5. The van der Waals surface area contributed by atoms with Crippen LogP contribution in [-0.4, -0.2) is 31.7 Å². The smallest absolute Gasteiger partial charge is 0.252 e. The van der Waals surface area contributed by atoms with Crippen molar-refractivity contribution in [1.29, 1.82) is 0 Å². The van der Waals surface area contributed by atoms with Crippen LogP contribution in [0.4, 0.5) is 5.82 Å². The first kappa shape index (κ1) is 16.7. The van der Waals surface area contributed by atoms with Crippen LogP contribution in [0.3, 0.4) is 0 Å². The zero-order valence-corrected chi connectivity index (χ0v) is 15.6. The number of nitrogens with zero attached hydrogens (tertiary/aromatic N) is 2. The Balaban J connectivity index is 1.91. The second-order valence-corrected chi connectivity index (χ2v) is 6.80. The quantitative estimate of drug-likeness (QED) is 0.540. The van der Waals surface area contributed by atoms with Gasteiger partial charge >= 0.3 is 0 Å². The van der Waals surface area contributed by atoms with Gasteiger partial charge < -0.3 is 14.4 Å². The molecule has 122 valence electrons. The Morgan fingerprint density at radius 2 is 1.87 bits per heavy atom. The molecule has 5 heteroatoms. The van der Waals surface area contributed by atoms with Crippen molar-refractivity contribution in [2.75, 3.05) is 25.7 Å². The Morgan fingerprint density at radius 3 is 2.57 bits per heavy atom. The Labute approximate surface area is 151 Å². The Bertz CT molecular complexity index is 659. The molecule has 0 N–H and O–H groups in total. The fourth-order valence-corrected chi connectivity index (χ4v) is 3.59. The van der Waals surface area contributed by atoms with Crippen molar-refractivity contribution in [1.82, 2.24) is 4.98 Å². The highest BCUT2D eigenvalue weighted by atomic mass is 127. The van der Waals surface area contributed by atoms with Gasteiger partial charge in [-0.2, -0.15) is 0 Å². The summed E-state index contributed by atoms with van der Waals surface area (Å²) in [6, 6.07) is 14.6. The van der Waals surface area contributed by atoms with E-state index in [0.717, 1.165) is 37.3 Å². The van der Waals surface area contributed by atoms with Gasteiger partial charge in [-0.15, -0.1) is 0 Å². The molecule has 0 saturated carbocycles. The van der Waals surface area contributed by atoms with Crippen LogP contribution in [0.5, 0.6) is 0 Å². The number of benzene rings is 1. The van der Waals surface area contributed by atoms with Crippen molar-refractivity contribution in [2.45, 2.75) is 25.2 Å². The van der Waals surface area contributed by atoms with Crippen LogP contribution in [0.15, 0.2) is 42.5 Å². The molecule has 1 aromatic carbocycles. The molecular weight excluding hydrogens is 403 g/mol. The fraction of sp³-hybridized carbons (Fsp3) is 0.389. The van der Waals surface area contributed by atoms with E-state index in [2.05, 4.69) is 57.8 Å². The third kappa shape index (κ3) is 3.36. The zero-order valence-electron chi connectivity index (χ0n) is 13.5. The molecule has 0 amide bonds. The molecule has 1 fully saturated rings. The average Bonchev–Trinajstić information content (AvgIpc) is 3.02. The molecule has 0 bridgehead atoms. The molecule has 2 aromatic rings. The molecule has 2 heterocycles. The number of halogens is 1. The van der Waals surface area contributed by atoms with Gasteiger partial charge in [0.25, 0.3) is 5.91 Å². The van der Waals surface area contributed by atoms with Gasteiger partial charge in [0.2, 0.25) is 0 Å². The molecule has 1 aliphatic rings. The van der Waals surface area contributed by atoms with E-state index in [-0.39, 0.29) is 0 Å². The fourth-order valence-electron chi connectivity index (χ4n) is 3.10. The predicted molar refractivity (Wildman–Crippen MR) is 99.5 cm³/mol. The van der Waals surface area contributed by atoms with Crippen LogP contribution in [0, 0.1) is 3.57 Å². The van der Waals surface area contributed by atoms with E-state index >= 15 is 0 Å². The lowest BCUT2D eigenvalue weighted by atomic mass is 10.1. The molecule has 0 aliphatic carbocycles. The van der Waals surface area contributed by atoms with Crippen LogP contribution in [-0.2, 0) is 15.9 Å². The summed E-state index contributed by atoms with van der Waals surface area (Å²) in [4.78, 5) is 7.02. The largest absolute Gasteiger partial charge is 0.336 e. The first-order chi connectivity index (χ1) is 11.2. The van der Waals surface area contributed by atoms with Gasteiger partial charge in [-0.05, 0) is 46.7 Å². The summed E-state index contributed by atoms with van der Waals surface area (Å²) in [5, 5.41) is 0. The molecule has 4 nitrogen and oxygen atoms in total. The lowest BCUT2D eigenvalue weighted by Gasteiger charge is -2.36. The molecule has 0 atom stereocenters. The molecule has 1 aromatic heterocycles. The summed E-state index contributed by atoms with van der Waals surface area (Å²) in [5.74, 6) is 0.224. The highest BCUT2D eigenvalue weighted by Crippen LogP contribution is 2.35. The van der Waals surface area contributed by atoms with Gasteiger partial charge in [-0.1, -0.05) is 30.3 Å². The van der Waals surface area contributed by atoms with Gasteiger partial charge in [0.05, 0.1) is 5.69 Å². The van der Waals surface area contributed by atoms with E-state index in [4.69, 9.17) is 14.5 Å². The maximum Gasteiger partial charge on any atom is 0.252 e. The minimum atomic E-state index is -0.691. The van der Waals surface area contributed by atoms with Crippen molar-refractivity contribution < 1.29 is 9.47 Å². The Kier molecular flexibility index (Phi) is 5.18. The number of aromatic nitrogens is 1. The van der Waals surface area contributed by atoms with Gasteiger partial charge in [-0.3, -0.25) is 0 Å². The number of ether oxygens (including phenoxy) is 2. The maximum atomic E-state index is 5.67. The molecule has 23 heavy (non-hydrogen) atoms. The van der Waals surface area contributed by atoms with Crippen LogP contribution in [0.25, 0.3) is 0 Å².